The number of hydrogen-bond acceptors (Lipinski definition) is 3. The average molecular weight is 383 g/mol. The Kier molecular flexibility index (Phi) is 16.7. The van der Waals surface area contributed by atoms with E-state index in [-0.39, 0.29) is 17.5 Å². The standard InChI is InChI=1S/C24H46O3/c1-5-6-7-14-17-22(25)18-15-12-10-8-9-11-13-16-19-23(26)27-21-20-24(2,3)4/h12,15,22,25H,5-11,13-14,16-21H2,1-4H3/b15-12-/t22-/m1/s1. The number of ether oxygens (including phenoxy) is 1. The van der Waals surface area contributed by atoms with Crippen LogP contribution in [0, 0.1) is 5.41 Å². The lowest BCUT2D eigenvalue weighted by atomic mass is 9.93. The number of hydrogen-bond donors (Lipinski definition) is 1. The van der Waals surface area contributed by atoms with Crippen molar-refractivity contribution in [3.8, 4) is 0 Å². The summed E-state index contributed by atoms with van der Waals surface area (Å²) < 4.78 is 5.28. The molecule has 0 saturated heterocycles. The third kappa shape index (κ3) is 21.3. The molecule has 27 heavy (non-hydrogen) atoms. The predicted octanol–water partition coefficient (Wildman–Crippen LogP) is 6.97. The van der Waals surface area contributed by atoms with E-state index in [1.54, 1.807) is 0 Å². The molecule has 0 aliphatic heterocycles. The first-order valence-electron chi connectivity index (χ1n) is 11.3. The molecule has 0 spiro atoms. The van der Waals surface area contributed by atoms with Gasteiger partial charge in [0, 0.05) is 6.42 Å². The molecule has 3 heteroatoms. The molecule has 0 aromatic heterocycles. The molecule has 0 bridgehead atoms. The topological polar surface area (TPSA) is 46.5 Å². The van der Waals surface area contributed by atoms with Crippen LogP contribution in [-0.4, -0.2) is 23.8 Å². The molecule has 1 N–H and O–H groups in total. The van der Waals surface area contributed by atoms with E-state index in [0.29, 0.717) is 13.0 Å². The highest BCUT2D eigenvalue weighted by Gasteiger charge is 2.11. The van der Waals surface area contributed by atoms with E-state index in [1.165, 1.54) is 38.5 Å². The lowest BCUT2D eigenvalue weighted by Crippen LogP contribution is -2.12. The fourth-order valence-electron chi connectivity index (χ4n) is 2.90. The van der Waals surface area contributed by atoms with E-state index in [4.69, 9.17) is 4.74 Å². The second kappa shape index (κ2) is 17.3. The maximum Gasteiger partial charge on any atom is 0.305 e. The normalized spacial score (nSPS) is 13.2. The third-order valence-corrected chi connectivity index (χ3v) is 4.83. The van der Waals surface area contributed by atoms with Gasteiger partial charge in [-0.3, -0.25) is 4.79 Å². The molecule has 0 unspecified atom stereocenters. The van der Waals surface area contributed by atoms with E-state index in [9.17, 15) is 9.90 Å². The lowest BCUT2D eigenvalue weighted by Gasteiger charge is -2.17. The first kappa shape index (κ1) is 26.2. The van der Waals surface area contributed by atoms with E-state index in [1.807, 2.05) is 0 Å². The summed E-state index contributed by atoms with van der Waals surface area (Å²) in [6.07, 6.45) is 19.0. The van der Waals surface area contributed by atoms with Crippen LogP contribution in [0.25, 0.3) is 0 Å². The molecule has 0 saturated carbocycles. The molecule has 3 nitrogen and oxygen atoms in total. The number of unbranched alkanes of at least 4 members (excludes halogenated alkanes) is 8. The van der Waals surface area contributed by atoms with Crippen LogP contribution in [0.1, 0.15) is 118 Å². The Labute approximate surface area is 169 Å². The lowest BCUT2D eigenvalue weighted by molar-refractivity contribution is -0.144. The number of esters is 1. The SMILES string of the molecule is CCCCCC[C@@H](O)C/C=C\CCCCCCCC(=O)OCCC(C)(C)C. The Hall–Kier alpha value is -0.830. The Morgan fingerprint density at radius 2 is 1.63 bits per heavy atom. The number of carbonyl (C=O) groups excluding carboxylic acids is 1. The predicted molar refractivity (Wildman–Crippen MR) is 116 cm³/mol. The van der Waals surface area contributed by atoms with Crippen LogP contribution in [0.2, 0.25) is 0 Å². The van der Waals surface area contributed by atoms with Crippen LogP contribution < -0.4 is 0 Å². The molecule has 0 aromatic carbocycles. The Morgan fingerprint density at radius 3 is 2.33 bits per heavy atom. The zero-order valence-corrected chi connectivity index (χ0v) is 18.6. The van der Waals surface area contributed by atoms with Crippen molar-refractivity contribution in [2.75, 3.05) is 6.61 Å². The zero-order chi connectivity index (χ0) is 20.4. The number of aliphatic hydroxyl groups is 1. The summed E-state index contributed by atoms with van der Waals surface area (Å²) in [4.78, 5) is 11.6. The van der Waals surface area contributed by atoms with Crippen molar-refractivity contribution in [2.45, 2.75) is 124 Å². The van der Waals surface area contributed by atoms with Gasteiger partial charge in [0.1, 0.15) is 0 Å². The number of allylic oxidation sites excluding steroid dienone is 1. The summed E-state index contributed by atoms with van der Waals surface area (Å²) in [7, 11) is 0. The Bertz CT molecular complexity index is 368. The molecule has 0 radical (unpaired) electrons. The minimum absolute atomic E-state index is 0.0459. The second-order valence-corrected chi connectivity index (χ2v) is 9.05. The molecule has 0 rings (SSSR count). The number of rotatable bonds is 17. The van der Waals surface area contributed by atoms with Gasteiger partial charge in [-0.05, 0) is 43.9 Å². The first-order valence-corrected chi connectivity index (χ1v) is 11.3. The Balaban J connectivity index is 3.38. The van der Waals surface area contributed by atoms with Crippen molar-refractivity contribution in [2.24, 2.45) is 5.41 Å². The quantitative estimate of drug-likeness (QED) is 0.168. The minimum atomic E-state index is -0.165. The molecule has 0 fully saturated rings. The molecular formula is C24H46O3. The molecule has 0 aliphatic rings. The van der Waals surface area contributed by atoms with Crippen molar-refractivity contribution < 1.29 is 14.6 Å². The molecule has 0 aliphatic carbocycles. The van der Waals surface area contributed by atoms with Gasteiger partial charge in [-0.25, -0.2) is 0 Å². The highest BCUT2D eigenvalue weighted by Crippen LogP contribution is 2.18. The van der Waals surface area contributed by atoms with Crippen LogP contribution in [0.15, 0.2) is 12.2 Å². The van der Waals surface area contributed by atoms with Gasteiger partial charge >= 0.3 is 5.97 Å². The van der Waals surface area contributed by atoms with E-state index in [0.717, 1.165) is 44.9 Å². The van der Waals surface area contributed by atoms with Crippen LogP contribution >= 0.6 is 0 Å². The molecule has 160 valence electrons. The highest BCUT2D eigenvalue weighted by molar-refractivity contribution is 5.69. The monoisotopic (exact) mass is 382 g/mol. The van der Waals surface area contributed by atoms with Gasteiger partial charge in [0.2, 0.25) is 0 Å². The summed E-state index contributed by atoms with van der Waals surface area (Å²) in [5.74, 6) is -0.0459. The van der Waals surface area contributed by atoms with Crippen molar-refractivity contribution in [3.05, 3.63) is 12.2 Å². The zero-order valence-electron chi connectivity index (χ0n) is 18.6. The molecule has 0 heterocycles. The fraction of sp³-hybridized carbons (Fsp3) is 0.875. The van der Waals surface area contributed by atoms with Crippen LogP contribution in [-0.2, 0) is 9.53 Å². The molecular weight excluding hydrogens is 336 g/mol. The van der Waals surface area contributed by atoms with E-state index in [2.05, 4.69) is 39.8 Å². The molecule has 1 atom stereocenters. The Morgan fingerprint density at radius 1 is 0.963 bits per heavy atom. The first-order chi connectivity index (χ1) is 12.8. The van der Waals surface area contributed by atoms with Crippen molar-refractivity contribution in [3.63, 3.8) is 0 Å². The average Bonchev–Trinajstić information content (AvgIpc) is 2.59. The van der Waals surface area contributed by atoms with Crippen LogP contribution in [0.5, 0.6) is 0 Å². The van der Waals surface area contributed by atoms with Crippen LogP contribution in [0.3, 0.4) is 0 Å². The molecule has 0 amide bonds. The second-order valence-electron chi connectivity index (χ2n) is 9.05. The van der Waals surface area contributed by atoms with Gasteiger partial charge in [0.25, 0.3) is 0 Å². The molecule has 0 aromatic rings. The van der Waals surface area contributed by atoms with Gasteiger partial charge < -0.3 is 9.84 Å². The van der Waals surface area contributed by atoms with E-state index >= 15 is 0 Å². The third-order valence-electron chi connectivity index (χ3n) is 4.83. The highest BCUT2D eigenvalue weighted by atomic mass is 16.5. The van der Waals surface area contributed by atoms with Gasteiger partial charge in [-0.15, -0.1) is 0 Å². The van der Waals surface area contributed by atoms with Crippen LogP contribution in [0.4, 0.5) is 0 Å². The minimum Gasteiger partial charge on any atom is -0.466 e. The largest absolute Gasteiger partial charge is 0.466 e. The maximum atomic E-state index is 11.6. The van der Waals surface area contributed by atoms with Crippen molar-refractivity contribution >= 4 is 5.97 Å². The summed E-state index contributed by atoms with van der Waals surface area (Å²) in [5.41, 5.74) is 0.224. The van der Waals surface area contributed by atoms with Gasteiger partial charge in [0.15, 0.2) is 0 Å². The fourth-order valence-corrected chi connectivity index (χ4v) is 2.90. The van der Waals surface area contributed by atoms with Crippen molar-refractivity contribution in [1.29, 1.82) is 0 Å². The maximum absolute atomic E-state index is 11.6. The smallest absolute Gasteiger partial charge is 0.305 e. The van der Waals surface area contributed by atoms with Gasteiger partial charge in [0.05, 0.1) is 12.7 Å². The van der Waals surface area contributed by atoms with E-state index < -0.39 is 0 Å². The summed E-state index contributed by atoms with van der Waals surface area (Å²) in [6.45, 7) is 9.23. The van der Waals surface area contributed by atoms with Gasteiger partial charge in [-0.1, -0.05) is 84.8 Å². The summed E-state index contributed by atoms with van der Waals surface area (Å²) in [6, 6.07) is 0. The number of aliphatic hydroxyl groups excluding tert-OH is 1. The summed E-state index contributed by atoms with van der Waals surface area (Å²) in [5, 5.41) is 9.90. The van der Waals surface area contributed by atoms with Crippen molar-refractivity contribution in [1.82, 2.24) is 0 Å². The number of carbonyl (C=O) groups is 1. The summed E-state index contributed by atoms with van der Waals surface area (Å²) >= 11 is 0. The van der Waals surface area contributed by atoms with Gasteiger partial charge in [-0.2, -0.15) is 0 Å².